The number of likely N-dealkylation sites (tertiary alicyclic amines) is 1. The van der Waals surface area contributed by atoms with E-state index in [0.29, 0.717) is 6.42 Å². The summed E-state index contributed by atoms with van der Waals surface area (Å²) in [5, 5.41) is 11.3. The van der Waals surface area contributed by atoms with Crippen LogP contribution in [0.25, 0.3) is 0 Å². The number of piperidine rings is 1. The molecule has 1 aliphatic heterocycles. The summed E-state index contributed by atoms with van der Waals surface area (Å²) in [6.45, 7) is 5.20. The van der Waals surface area contributed by atoms with Gasteiger partial charge >= 0.3 is 0 Å². The third-order valence-corrected chi connectivity index (χ3v) is 4.08. The fourth-order valence-electron chi connectivity index (χ4n) is 2.46. The lowest BCUT2D eigenvalue weighted by Gasteiger charge is -2.38. The van der Waals surface area contributed by atoms with E-state index in [1.807, 2.05) is 24.3 Å². The third-order valence-electron chi connectivity index (χ3n) is 3.71. The molecule has 3 heteroatoms. The second kappa shape index (κ2) is 5.38. The number of halogens is 1. The summed E-state index contributed by atoms with van der Waals surface area (Å²) in [5.41, 5.74) is 0.484. The molecule has 0 amide bonds. The molecular weight excluding hydrogens is 234 g/mol. The summed E-state index contributed by atoms with van der Waals surface area (Å²) in [4.78, 5) is 2.38. The summed E-state index contributed by atoms with van der Waals surface area (Å²) in [6, 6.07) is 7.80. The van der Waals surface area contributed by atoms with Crippen molar-refractivity contribution in [2.45, 2.75) is 31.8 Å². The smallest absolute Gasteiger partial charge is 0.0712 e. The lowest BCUT2D eigenvalue weighted by atomic mass is 9.85. The minimum absolute atomic E-state index is 0.573. The molecule has 2 rings (SSSR count). The van der Waals surface area contributed by atoms with Crippen LogP contribution in [-0.4, -0.2) is 35.2 Å². The van der Waals surface area contributed by atoms with Crippen molar-refractivity contribution in [2.75, 3.05) is 19.6 Å². The molecule has 0 atom stereocenters. The molecular formula is C14H20ClNO. The van der Waals surface area contributed by atoms with Crippen LogP contribution < -0.4 is 0 Å². The van der Waals surface area contributed by atoms with Crippen LogP contribution in [0.5, 0.6) is 0 Å². The Hall–Kier alpha value is -0.570. The summed E-state index contributed by atoms with van der Waals surface area (Å²) in [6.07, 6.45) is 2.35. The molecule has 94 valence electrons. The minimum Gasteiger partial charge on any atom is -0.389 e. The molecule has 1 fully saturated rings. The van der Waals surface area contributed by atoms with E-state index in [2.05, 4.69) is 11.8 Å². The summed E-state index contributed by atoms with van der Waals surface area (Å²) in [5.74, 6) is 0. The van der Waals surface area contributed by atoms with Gasteiger partial charge in [-0.2, -0.15) is 0 Å². The second-order valence-electron chi connectivity index (χ2n) is 4.93. The van der Waals surface area contributed by atoms with Crippen molar-refractivity contribution < 1.29 is 5.11 Å². The zero-order chi connectivity index (χ0) is 12.3. The molecule has 0 saturated carbocycles. The second-order valence-corrected chi connectivity index (χ2v) is 5.33. The molecule has 0 bridgehead atoms. The molecule has 0 spiro atoms. The maximum Gasteiger partial charge on any atom is 0.0712 e. The van der Waals surface area contributed by atoms with E-state index in [9.17, 15) is 5.11 Å². The normalized spacial score (nSPS) is 20.4. The molecule has 1 aliphatic rings. The predicted octanol–water partition coefficient (Wildman–Crippen LogP) is 2.73. The van der Waals surface area contributed by atoms with Gasteiger partial charge in [-0.05, 0) is 31.0 Å². The van der Waals surface area contributed by atoms with Crippen molar-refractivity contribution in [1.29, 1.82) is 0 Å². The van der Waals surface area contributed by atoms with Crippen LogP contribution >= 0.6 is 11.6 Å². The Morgan fingerprint density at radius 1 is 1.29 bits per heavy atom. The number of hydrogen-bond acceptors (Lipinski definition) is 2. The monoisotopic (exact) mass is 253 g/mol. The van der Waals surface area contributed by atoms with Gasteiger partial charge in [0.05, 0.1) is 5.60 Å². The zero-order valence-electron chi connectivity index (χ0n) is 10.3. The van der Waals surface area contributed by atoms with E-state index >= 15 is 0 Å². The molecule has 0 aromatic heterocycles. The van der Waals surface area contributed by atoms with E-state index in [1.165, 1.54) is 0 Å². The van der Waals surface area contributed by atoms with Crippen LogP contribution in [0.3, 0.4) is 0 Å². The fourth-order valence-corrected chi connectivity index (χ4v) is 2.66. The van der Waals surface area contributed by atoms with E-state index in [0.717, 1.165) is 43.1 Å². The molecule has 1 heterocycles. The maximum atomic E-state index is 10.6. The van der Waals surface area contributed by atoms with E-state index in [-0.39, 0.29) is 0 Å². The van der Waals surface area contributed by atoms with Crippen molar-refractivity contribution in [1.82, 2.24) is 4.90 Å². The van der Waals surface area contributed by atoms with Crippen molar-refractivity contribution >= 4 is 11.6 Å². The van der Waals surface area contributed by atoms with Gasteiger partial charge in [-0.15, -0.1) is 0 Å². The number of benzene rings is 1. The van der Waals surface area contributed by atoms with Crippen LogP contribution in [0.4, 0.5) is 0 Å². The van der Waals surface area contributed by atoms with Crippen molar-refractivity contribution in [3.63, 3.8) is 0 Å². The maximum absolute atomic E-state index is 10.6. The summed E-state index contributed by atoms with van der Waals surface area (Å²) in [7, 11) is 0. The van der Waals surface area contributed by atoms with Crippen LogP contribution in [0.15, 0.2) is 24.3 Å². The van der Waals surface area contributed by atoms with Gasteiger partial charge in [-0.25, -0.2) is 0 Å². The first kappa shape index (κ1) is 12.9. The van der Waals surface area contributed by atoms with Gasteiger partial charge in [-0.1, -0.05) is 36.7 Å². The Bertz CT molecular complexity index is 372. The summed E-state index contributed by atoms with van der Waals surface area (Å²) >= 11 is 6.14. The predicted molar refractivity (Wildman–Crippen MR) is 71.5 cm³/mol. The number of rotatable bonds is 3. The fraction of sp³-hybridized carbons (Fsp3) is 0.571. The van der Waals surface area contributed by atoms with Crippen molar-refractivity contribution in [2.24, 2.45) is 0 Å². The minimum atomic E-state index is -0.573. The number of nitrogens with zero attached hydrogens (tertiary/aromatic N) is 1. The highest BCUT2D eigenvalue weighted by Gasteiger charge is 2.32. The zero-order valence-corrected chi connectivity index (χ0v) is 11.1. The van der Waals surface area contributed by atoms with Crippen LogP contribution in [-0.2, 0) is 6.42 Å². The van der Waals surface area contributed by atoms with Gasteiger partial charge < -0.3 is 10.0 Å². The molecule has 0 radical (unpaired) electrons. The lowest BCUT2D eigenvalue weighted by molar-refractivity contribution is -0.0194. The lowest BCUT2D eigenvalue weighted by Crippen LogP contribution is -2.45. The van der Waals surface area contributed by atoms with Crippen molar-refractivity contribution in [3.05, 3.63) is 34.9 Å². The van der Waals surface area contributed by atoms with Gasteiger partial charge in [0.2, 0.25) is 0 Å². The van der Waals surface area contributed by atoms with E-state index in [1.54, 1.807) is 0 Å². The van der Waals surface area contributed by atoms with Gasteiger partial charge in [0.1, 0.15) is 0 Å². The molecule has 1 N–H and O–H groups in total. The molecule has 17 heavy (non-hydrogen) atoms. The third kappa shape index (κ3) is 3.21. The van der Waals surface area contributed by atoms with Gasteiger partial charge in [0, 0.05) is 24.5 Å². The van der Waals surface area contributed by atoms with Gasteiger partial charge in [0.25, 0.3) is 0 Å². The topological polar surface area (TPSA) is 23.5 Å². The molecule has 1 aromatic rings. The SMILES string of the molecule is CCN1CCC(O)(Cc2ccccc2Cl)CC1. The number of hydrogen-bond donors (Lipinski definition) is 1. The summed E-state index contributed by atoms with van der Waals surface area (Å²) < 4.78 is 0. The first-order valence-corrected chi connectivity index (χ1v) is 6.69. The Kier molecular flexibility index (Phi) is 4.08. The van der Waals surface area contributed by atoms with E-state index < -0.39 is 5.60 Å². The van der Waals surface area contributed by atoms with Crippen molar-refractivity contribution in [3.8, 4) is 0 Å². The highest BCUT2D eigenvalue weighted by atomic mass is 35.5. The Morgan fingerprint density at radius 2 is 1.94 bits per heavy atom. The Labute approximate surface area is 108 Å². The highest BCUT2D eigenvalue weighted by molar-refractivity contribution is 6.31. The molecule has 1 saturated heterocycles. The standard InChI is InChI=1S/C14H20ClNO/c1-2-16-9-7-14(17,8-10-16)11-12-5-3-4-6-13(12)15/h3-6,17H,2,7-11H2,1H3. The first-order chi connectivity index (χ1) is 8.13. The van der Waals surface area contributed by atoms with Gasteiger partial charge in [0.15, 0.2) is 0 Å². The average molecular weight is 254 g/mol. The molecule has 0 aliphatic carbocycles. The molecule has 2 nitrogen and oxygen atoms in total. The average Bonchev–Trinajstić information content (AvgIpc) is 2.33. The molecule has 1 aromatic carbocycles. The Morgan fingerprint density at radius 3 is 2.53 bits per heavy atom. The highest BCUT2D eigenvalue weighted by Crippen LogP contribution is 2.28. The first-order valence-electron chi connectivity index (χ1n) is 6.31. The van der Waals surface area contributed by atoms with Gasteiger partial charge in [-0.3, -0.25) is 0 Å². The molecule has 0 unspecified atom stereocenters. The van der Waals surface area contributed by atoms with Crippen LogP contribution in [0, 0.1) is 0 Å². The quantitative estimate of drug-likeness (QED) is 0.896. The van der Waals surface area contributed by atoms with Crippen LogP contribution in [0.2, 0.25) is 5.02 Å². The van der Waals surface area contributed by atoms with Crippen LogP contribution in [0.1, 0.15) is 25.3 Å². The Balaban J connectivity index is 2.01. The van der Waals surface area contributed by atoms with E-state index in [4.69, 9.17) is 11.6 Å². The largest absolute Gasteiger partial charge is 0.389 e. The number of aliphatic hydroxyl groups is 1.